The molecule has 3 N–H and O–H groups in total. The Kier molecular flexibility index (Phi) is 4.50. The summed E-state index contributed by atoms with van der Waals surface area (Å²) in [6, 6.07) is 5.15. The van der Waals surface area contributed by atoms with E-state index < -0.39 is 5.60 Å². The molecule has 0 aliphatic carbocycles. The minimum absolute atomic E-state index is 0.169. The molecule has 0 bridgehead atoms. The van der Waals surface area contributed by atoms with Gasteiger partial charge in [-0.2, -0.15) is 5.10 Å². The van der Waals surface area contributed by atoms with Crippen LogP contribution >= 0.6 is 0 Å². The van der Waals surface area contributed by atoms with Crippen molar-refractivity contribution in [3.63, 3.8) is 0 Å². The zero-order valence-electron chi connectivity index (χ0n) is 12.5. The molecule has 0 radical (unpaired) electrons. The van der Waals surface area contributed by atoms with Gasteiger partial charge in [0.2, 0.25) is 0 Å². The van der Waals surface area contributed by atoms with Crippen molar-refractivity contribution >= 4 is 0 Å². The van der Waals surface area contributed by atoms with Crippen LogP contribution in [-0.2, 0) is 19.2 Å². The number of phenols is 1. The lowest BCUT2D eigenvalue weighted by Crippen LogP contribution is -2.34. The van der Waals surface area contributed by atoms with Crippen LogP contribution in [0.4, 0.5) is 0 Å². The zero-order valence-corrected chi connectivity index (χ0v) is 12.5. The molecule has 1 heterocycles. The lowest BCUT2D eigenvalue weighted by Gasteiger charge is -2.22. The van der Waals surface area contributed by atoms with Gasteiger partial charge in [-0.05, 0) is 13.0 Å². The van der Waals surface area contributed by atoms with Crippen molar-refractivity contribution < 1.29 is 14.9 Å². The highest BCUT2D eigenvalue weighted by Gasteiger charge is 2.24. The molecule has 0 spiro atoms. The van der Waals surface area contributed by atoms with Crippen LogP contribution in [0.3, 0.4) is 0 Å². The van der Waals surface area contributed by atoms with Crippen LogP contribution in [-0.4, -0.2) is 33.6 Å². The molecule has 1 aromatic heterocycles. The van der Waals surface area contributed by atoms with E-state index in [1.165, 1.54) is 0 Å². The van der Waals surface area contributed by atoms with Crippen LogP contribution in [0, 0.1) is 0 Å². The second-order valence-corrected chi connectivity index (χ2v) is 5.27. The Morgan fingerprint density at radius 2 is 2.19 bits per heavy atom. The molecule has 0 aliphatic rings. The Morgan fingerprint density at radius 1 is 1.43 bits per heavy atom. The predicted octanol–water partition coefficient (Wildman–Crippen LogP) is 1.13. The molecule has 0 aliphatic heterocycles. The highest BCUT2D eigenvalue weighted by Crippen LogP contribution is 2.24. The smallest absolute Gasteiger partial charge is 0.123 e. The summed E-state index contributed by atoms with van der Waals surface area (Å²) in [6.45, 7) is 2.53. The van der Waals surface area contributed by atoms with Crippen LogP contribution < -0.4 is 10.1 Å². The van der Waals surface area contributed by atoms with E-state index in [0.717, 1.165) is 11.1 Å². The van der Waals surface area contributed by atoms with Crippen LogP contribution in [0.25, 0.3) is 0 Å². The average Bonchev–Trinajstić information content (AvgIpc) is 2.88. The van der Waals surface area contributed by atoms with Crippen LogP contribution in [0.2, 0.25) is 0 Å². The Bertz CT molecular complexity index is 608. The van der Waals surface area contributed by atoms with Gasteiger partial charge in [-0.1, -0.05) is 6.07 Å². The van der Waals surface area contributed by atoms with E-state index in [2.05, 4.69) is 10.4 Å². The minimum Gasteiger partial charge on any atom is -0.507 e. The van der Waals surface area contributed by atoms with Crippen molar-refractivity contribution in [2.45, 2.75) is 19.1 Å². The molecule has 0 fully saturated rings. The average molecular weight is 291 g/mol. The second kappa shape index (κ2) is 6.15. The summed E-state index contributed by atoms with van der Waals surface area (Å²) >= 11 is 0. The van der Waals surface area contributed by atoms with Gasteiger partial charge in [-0.25, -0.2) is 0 Å². The molecule has 1 aromatic carbocycles. The van der Waals surface area contributed by atoms with E-state index in [1.807, 2.05) is 7.05 Å². The highest BCUT2D eigenvalue weighted by molar-refractivity contribution is 5.39. The van der Waals surface area contributed by atoms with Gasteiger partial charge in [-0.15, -0.1) is 0 Å². The van der Waals surface area contributed by atoms with Gasteiger partial charge < -0.3 is 20.3 Å². The first kappa shape index (κ1) is 15.3. The van der Waals surface area contributed by atoms with E-state index in [1.54, 1.807) is 49.3 Å². The molecule has 2 aromatic rings. The number of aromatic nitrogens is 2. The van der Waals surface area contributed by atoms with Gasteiger partial charge in [0.15, 0.2) is 0 Å². The minimum atomic E-state index is -1.02. The molecule has 21 heavy (non-hydrogen) atoms. The van der Waals surface area contributed by atoms with E-state index >= 15 is 0 Å². The normalized spacial score (nSPS) is 13.9. The fourth-order valence-corrected chi connectivity index (χ4v) is 2.06. The number of methoxy groups -OCH3 is 1. The first-order chi connectivity index (χ1) is 9.92. The van der Waals surface area contributed by atoms with Gasteiger partial charge in [0.1, 0.15) is 17.1 Å². The van der Waals surface area contributed by atoms with Crippen molar-refractivity contribution in [3.05, 3.63) is 41.7 Å². The number of aliphatic hydroxyl groups is 1. The molecular weight excluding hydrogens is 270 g/mol. The molecule has 0 saturated carbocycles. The van der Waals surface area contributed by atoms with Crippen molar-refractivity contribution in [3.8, 4) is 11.5 Å². The second-order valence-electron chi connectivity index (χ2n) is 5.27. The quantitative estimate of drug-likeness (QED) is 0.743. The maximum atomic E-state index is 10.4. The van der Waals surface area contributed by atoms with E-state index in [4.69, 9.17) is 4.74 Å². The Labute approximate surface area is 124 Å². The number of rotatable bonds is 6. The summed E-state index contributed by atoms with van der Waals surface area (Å²) in [6.07, 6.45) is 3.43. The molecule has 0 amide bonds. The van der Waals surface area contributed by atoms with Gasteiger partial charge in [0, 0.05) is 43.5 Å². The molecular formula is C15H21N3O3. The lowest BCUT2D eigenvalue weighted by atomic mass is 9.99. The van der Waals surface area contributed by atoms with Crippen molar-refractivity contribution in [2.24, 2.45) is 7.05 Å². The number of aromatic hydroxyl groups is 1. The number of benzene rings is 1. The number of hydrogen-bond donors (Lipinski definition) is 3. The van der Waals surface area contributed by atoms with E-state index in [0.29, 0.717) is 18.8 Å². The molecule has 114 valence electrons. The lowest BCUT2D eigenvalue weighted by molar-refractivity contribution is 0.0565. The number of ether oxygens (including phenoxy) is 1. The monoisotopic (exact) mass is 291 g/mol. The van der Waals surface area contributed by atoms with Gasteiger partial charge in [0.25, 0.3) is 0 Å². The number of nitrogens with zero attached hydrogens (tertiary/aromatic N) is 2. The zero-order chi connectivity index (χ0) is 15.5. The summed E-state index contributed by atoms with van der Waals surface area (Å²) in [7, 11) is 3.36. The third kappa shape index (κ3) is 3.74. The molecule has 6 nitrogen and oxygen atoms in total. The first-order valence-electron chi connectivity index (χ1n) is 6.70. The molecule has 2 rings (SSSR count). The Balaban J connectivity index is 1.95. The molecule has 1 atom stereocenters. The maximum absolute atomic E-state index is 10.4. The highest BCUT2D eigenvalue weighted by atomic mass is 16.5. The number of aryl methyl sites for hydroxylation is 1. The summed E-state index contributed by atoms with van der Waals surface area (Å²) in [5.74, 6) is 0.779. The SMILES string of the molecule is COc1ccc(CNCC(C)(O)c2cnn(C)c2)c(O)c1. The van der Waals surface area contributed by atoms with Crippen molar-refractivity contribution in [1.29, 1.82) is 0 Å². The van der Waals surface area contributed by atoms with Crippen molar-refractivity contribution in [2.75, 3.05) is 13.7 Å². The summed E-state index contributed by atoms with van der Waals surface area (Å²) < 4.78 is 6.69. The van der Waals surface area contributed by atoms with E-state index in [-0.39, 0.29) is 5.75 Å². The number of hydrogen-bond acceptors (Lipinski definition) is 5. The number of nitrogens with one attached hydrogen (secondary N) is 1. The number of phenolic OH excluding ortho intramolecular Hbond substituents is 1. The maximum Gasteiger partial charge on any atom is 0.123 e. The standard InChI is InChI=1S/C15H21N3O3/c1-15(20,12-8-17-18(2)9-12)10-16-7-11-4-5-13(21-3)6-14(11)19/h4-6,8-9,16,19-20H,7,10H2,1-3H3. The summed E-state index contributed by atoms with van der Waals surface area (Å²) in [4.78, 5) is 0. The topological polar surface area (TPSA) is 79.5 Å². The van der Waals surface area contributed by atoms with Crippen molar-refractivity contribution in [1.82, 2.24) is 15.1 Å². The summed E-state index contributed by atoms with van der Waals surface area (Å²) in [5, 5.41) is 27.5. The molecule has 0 saturated heterocycles. The largest absolute Gasteiger partial charge is 0.507 e. The Morgan fingerprint density at radius 3 is 2.76 bits per heavy atom. The van der Waals surface area contributed by atoms with Crippen LogP contribution in [0.1, 0.15) is 18.1 Å². The summed E-state index contributed by atoms with van der Waals surface area (Å²) in [5.41, 5.74) is 0.477. The molecule has 1 unspecified atom stereocenters. The fourth-order valence-electron chi connectivity index (χ4n) is 2.06. The van der Waals surface area contributed by atoms with Crippen LogP contribution in [0.15, 0.2) is 30.6 Å². The van der Waals surface area contributed by atoms with E-state index in [9.17, 15) is 10.2 Å². The first-order valence-corrected chi connectivity index (χ1v) is 6.70. The predicted molar refractivity (Wildman–Crippen MR) is 79.1 cm³/mol. The third-order valence-corrected chi connectivity index (χ3v) is 3.40. The Hall–Kier alpha value is -2.05. The van der Waals surface area contributed by atoms with Gasteiger partial charge >= 0.3 is 0 Å². The van der Waals surface area contributed by atoms with Crippen LogP contribution in [0.5, 0.6) is 11.5 Å². The third-order valence-electron chi connectivity index (χ3n) is 3.40. The molecule has 6 heteroatoms. The van der Waals surface area contributed by atoms with Gasteiger partial charge in [0.05, 0.1) is 13.3 Å². The van der Waals surface area contributed by atoms with Gasteiger partial charge in [-0.3, -0.25) is 4.68 Å². The fraction of sp³-hybridized carbons (Fsp3) is 0.400.